The Hall–Kier alpha value is -0.500. The Balaban J connectivity index is 4.15. The van der Waals surface area contributed by atoms with Crippen molar-refractivity contribution in [3.8, 4) is 0 Å². The highest BCUT2D eigenvalue weighted by atomic mass is 31.2. The highest BCUT2D eigenvalue weighted by molar-refractivity contribution is 7.47. The third-order valence-corrected chi connectivity index (χ3v) is 10.2. The monoisotopic (exact) mass is 691 g/mol. The number of aliphatic hydroxyl groups is 1. The van der Waals surface area contributed by atoms with Crippen LogP contribution in [0.5, 0.6) is 0 Å². The molecule has 3 unspecified atom stereocenters. The molecule has 282 valence electrons. The Labute approximate surface area is 291 Å². The van der Waals surface area contributed by atoms with Crippen LogP contribution in [-0.4, -0.2) is 47.8 Å². The molecule has 0 aromatic heterocycles. The van der Waals surface area contributed by atoms with Crippen LogP contribution in [0, 0.1) is 0 Å². The molecule has 0 fully saturated rings. The van der Waals surface area contributed by atoms with E-state index >= 15 is 0 Å². The van der Waals surface area contributed by atoms with E-state index in [0.29, 0.717) is 12.8 Å². The van der Waals surface area contributed by atoms with Crippen LogP contribution in [0.25, 0.3) is 0 Å². The second-order valence-electron chi connectivity index (χ2n) is 13.9. The number of rotatable bonds is 38. The minimum Gasteiger partial charge on any atom is -0.391 e. The average Bonchev–Trinajstić information content (AvgIpc) is 3.05. The van der Waals surface area contributed by atoms with Gasteiger partial charge in [0.15, 0.2) is 0 Å². The predicted octanol–water partition coefficient (Wildman–Crippen LogP) is 10.7. The molecule has 0 bridgehead atoms. The maximum Gasteiger partial charge on any atom is 0.472 e. The Kier molecular flexibility index (Phi) is 35.0. The minimum absolute atomic E-state index is 0.0922. The summed E-state index contributed by atoms with van der Waals surface area (Å²) in [5.41, 5.74) is 5.36. The van der Waals surface area contributed by atoms with Crippen molar-refractivity contribution in [2.45, 2.75) is 219 Å². The fourth-order valence-electron chi connectivity index (χ4n) is 6.14. The van der Waals surface area contributed by atoms with E-state index in [1.165, 1.54) is 141 Å². The molecular formula is C38H79N2O6P. The van der Waals surface area contributed by atoms with Gasteiger partial charge in [0.1, 0.15) is 0 Å². The normalized spacial score (nSPS) is 14.2. The fraction of sp³-hybridized carbons (Fsp3) is 0.974. The molecule has 8 nitrogen and oxygen atoms in total. The topological polar surface area (TPSA) is 131 Å². The first-order valence-electron chi connectivity index (χ1n) is 20.2. The van der Waals surface area contributed by atoms with Gasteiger partial charge in [-0.05, 0) is 12.8 Å². The number of carbonyl (C=O) groups excluding carboxylic acids is 1. The molecule has 9 heteroatoms. The van der Waals surface area contributed by atoms with Gasteiger partial charge in [0.25, 0.3) is 0 Å². The molecule has 0 saturated carbocycles. The lowest BCUT2D eigenvalue weighted by Crippen LogP contribution is -2.46. The Morgan fingerprint density at radius 1 is 0.617 bits per heavy atom. The maximum absolute atomic E-state index is 12.7. The van der Waals surface area contributed by atoms with Gasteiger partial charge in [0, 0.05) is 13.0 Å². The molecule has 0 aromatic rings. The molecule has 0 radical (unpaired) electrons. The largest absolute Gasteiger partial charge is 0.472 e. The number of unbranched alkanes of at least 4 members (excludes halogenated alkanes) is 26. The summed E-state index contributed by atoms with van der Waals surface area (Å²) in [5, 5.41) is 13.8. The lowest BCUT2D eigenvalue weighted by atomic mass is 10.0. The average molecular weight is 691 g/mol. The highest BCUT2D eigenvalue weighted by Gasteiger charge is 2.27. The molecule has 0 rings (SSSR count). The number of carbonyl (C=O) groups is 1. The molecular weight excluding hydrogens is 611 g/mol. The second kappa shape index (κ2) is 35.3. The third-order valence-electron chi connectivity index (χ3n) is 9.21. The van der Waals surface area contributed by atoms with Crippen molar-refractivity contribution in [1.82, 2.24) is 5.32 Å². The van der Waals surface area contributed by atoms with Crippen LogP contribution in [0.1, 0.15) is 206 Å². The SMILES string of the molecule is CCCCCCCCCCCCCCCCCCCC(O)C(COP(=O)(O)OCCN)NC(=O)CCCCCCCCCCCCC. The van der Waals surface area contributed by atoms with Gasteiger partial charge < -0.3 is 21.1 Å². The molecule has 0 spiro atoms. The number of phosphoric acid groups is 1. The van der Waals surface area contributed by atoms with Gasteiger partial charge in [-0.3, -0.25) is 13.8 Å². The van der Waals surface area contributed by atoms with Crippen molar-refractivity contribution in [3.05, 3.63) is 0 Å². The molecule has 1 amide bonds. The van der Waals surface area contributed by atoms with Crippen molar-refractivity contribution in [2.24, 2.45) is 5.73 Å². The summed E-state index contributed by atoms with van der Waals surface area (Å²) in [6.07, 6.45) is 35.3. The Morgan fingerprint density at radius 2 is 0.979 bits per heavy atom. The summed E-state index contributed by atoms with van der Waals surface area (Å²) >= 11 is 0. The maximum atomic E-state index is 12.7. The van der Waals surface area contributed by atoms with Crippen LogP contribution >= 0.6 is 7.82 Å². The van der Waals surface area contributed by atoms with Crippen LogP contribution < -0.4 is 11.1 Å². The summed E-state index contributed by atoms with van der Waals surface area (Å²) in [5.74, 6) is -0.161. The van der Waals surface area contributed by atoms with Crippen molar-refractivity contribution < 1.29 is 28.4 Å². The first-order chi connectivity index (χ1) is 22.9. The van der Waals surface area contributed by atoms with Crippen LogP contribution in [0.15, 0.2) is 0 Å². The van der Waals surface area contributed by atoms with Crippen molar-refractivity contribution >= 4 is 13.7 Å². The first-order valence-corrected chi connectivity index (χ1v) is 21.6. The Bertz CT molecular complexity index is 714. The van der Waals surface area contributed by atoms with E-state index < -0.39 is 20.0 Å². The highest BCUT2D eigenvalue weighted by Crippen LogP contribution is 2.43. The lowest BCUT2D eigenvalue weighted by Gasteiger charge is -2.25. The third kappa shape index (κ3) is 33.8. The zero-order valence-electron chi connectivity index (χ0n) is 31.0. The van der Waals surface area contributed by atoms with Gasteiger partial charge in [-0.2, -0.15) is 0 Å². The van der Waals surface area contributed by atoms with E-state index in [2.05, 4.69) is 19.2 Å². The molecule has 0 aliphatic heterocycles. The molecule has 0 saturated heterocycles. The number of amides is 1. The number of hydrogen-bond acceptors (Lipinski definition) is 6. The zero-order valence-corrected chi connectivity index (χ0v) is 31.9. The number of hydrogen-bond donors (Lipinski definition) is 4. The molecule has 5 N–H and O–H groups in total. The molecule has 0 heterocycles. The van der Waals surface area contributed by atoms with Gasteiger partial charge in [0.2, 0.25) is 5.91 Å². The molecule has 3 atom stereocenters. The molecule has 0 aromatic carbocycles. The first kappa shape index (κ1) is 46.5. The second-order valence-corrected chi connectivity index (χ2v) is 15.3. The van der Waals surface area contributed by atoms with Gasteiger partial charge in [-0.15, -0.1) is 0 Å². The van der Waals surface area contributed by atoms with Crippen LogP contribution in [-0.2, 0) is 18.4 Å². The lowest BCUT2D eigenvalue weighted by molar-refractivity contribution is -0.123. The number of aliphatic hydroxyl groups excluding tert-OH is 1. The summed E-state index contributed by atoms with van der Waals surface area (Å²) in [7, 11) is -4.30. The zero-order chi connectivity index (χ0) is 34.7. The van der Waals surface area contributed by atoms with Gasteiger partial charge >= 0.3 is 7.82 Å². The number of nitrogens with one attached hydrogen (secondary N) is 1. The van der Waals surface area contributed by atoms with Gasteiger partial charge in [0.05, 0.1) is 25.4 Å². The van der Waals surface area contributed by atoms with E-state index in [1.807, 2.05) is 0 Å². The summed E-state index contributed by atoms with van der Waals surface area (Å²) in [4.78, 5) is 22.6. The van der Waals surface area contributed by atoms with E-state index in [1.54, 1.807) is 0 Å². The van der Waals surface area contributed by atoms with E-state index in [9.17, 15) is 19.4 Å². The van der Waals surface area contributed by atoms with Gasteiger partial charge in [-0.1, -0.05) is 187 Å². The minimum atomic E-state index is -4.30. The smallest absolute Gasteiger partial charge is 0.391 e. The predicted molar refractivity (Wildman–Crippen MR) is 199 cm³/mol. The summed E-state index contributed by atoms with van der Waals surface area (Å²) < 4.78 is 22.1. The van der Waals surface area contributed by atoms with Crippen LogP contribution in [0.4, 0.5) is 0 Å². The van der Waals surface area contributed by atoms with E-state index in [4.69, 9.17) is 14.8 Å². The molecule has 47 heavy (non-hydrogen) atoms. The van der Waals surface area contributed by atoms with Gasteiger partial charge in [-0.25, -0.2) is 4.57 Å². The number of phosphoric ester groups is 1. The van der Waals surface area contributed by atoms with Crippen LogP contribution in [0.2, 0.25) is 0 Å². The summed E-state index contributed by atoms with van der Waals surface area (Å²) in [6.45, 7) is 4.21. The quantitative estimate of drug-likeness (QED) is 0.0374. The van der Waals surface area contributed by atoms with Crippen molar-refractivity contribution in [2.75, 3.05) is 19.8 Å². The molecule has 0 aliphatic carbocycles. The van der Waals surface area contributed by atoms with Crippen molar-refractivity contribution in [1.29, 1.82) is 0 Å². The van der Waals surface area contributed by atoms with Crippen molar-refractivity contribution in [3.63, 3.8) is 0 Å². The standard InChI is InChI=1S/C38H79N2O6P/c1-3-5-7-9-11-13-15-16-17-18-19-20-22-23-25-27-29-31-37(41)36(35-46-47(43,44)45-34-33-39)40-38(42)32-30-28-26-24-21-14-12-10-8-6-4-2/h36-37,41H,3-35,39H2,1-2H3,(H,40,42)(H,43,44). The van der Waals surface area contributed by atoms with E-state index in [0.717, 1.165) is 38.5 Å². The Morgan fingerprint density at radius 3 is 1.36 bits per heavy atom. The summed E-state index contributed by atoms with van der Waals surface area (Å²) in [6, 6.07) is -0.766. The fourth-order valence-corrected chi connectivity index (χ4v) is 6.90. The van der Waals surface area contributed by atoms with E-state index in [-0.39, 0.29) is 25.7 Å². The number of nitrogens with two attached hydrogens (primary N) is 1. The van der Waals surface area contributed by atoms with Crippen LogP contribution in [0.3, 0.4) is 0 Å². The molecule has 0 aliphatic rings.